The van der Waals surface area contributed by atoms with E-state index in [0.717, 1.165) is 11.1 Å². The predicted octanol–water partition coefficient (Wildman–Crippen LogP) is 4.26. The molecule has 0 aliphatic carbocycles. The summed E-state index contributed by atoms with van der Waals surface area (Å²) in [6.45, 7) is 0.299. The Labute approximate surface area is 165 Å². The normalized spacial score (nSPS) is 12.1. The molecule has 0 saturated heterocycles. The van der Waals surface area contributed by atoms with E-state index in [4.69, 9.17) is 14.0 Å². The van der Waals surface area contributed by atoms with Crippen molar-refractivity contribution in [3.8, 4) is 0 Å². The number of rotatable bonds is 11. The summed E-state index contributed by atoms with van der Waals surface area (Å²) in [7, 11) is -0.674. The molecule has 0 heterocycles. The average molecular weight is 403 g/mol. The highest BCUT2D eigenvalue weighted by molar-refractivity contribution is 7.39. The fourth-order valence-electron chi connectivity index (χ4n) is 2.49. The molecule has 0 aliphatic heterocycles. The van der Waals surface area contributed by atoms with Crippen LogP contribution in [0.15, 0.2) is 60.7 Å². The van der Waals surface area contributed by atoms with Crippen molar-refractivity contribution < 1.29 is 28.2 Å². The first-order valence-electron chi connectivity index (χ1n) is 8.97. The smallest absolute Gasteiger partial charge is 0.461 e. The molecule has 0 amide bonds. The van der Waals surface area contributed by atoms with E-state index in [-0.39, 0.29) is 32.2 Å². The fourth-order valence-corrected chi connectivity index (χ4v) is 3.33. The minimum Gasteiger partial charge on any atom is -0.461 e. The largest absolute Gasteiger partial charge is 0.508 e. The highest BCUT2D eigenvalue weighted by Gasteiger charge is 2.31. The Kier molecular flexibility index (Phi) is 9.32. The molecular weight excluding hydrogens is 379 g/mol. The van der Waals surface area contributed by atoms with Crippen molar-refractivity contribution in [2.45, 2.75) is 26.1 Å². The van der Waals surface area contributed by atoms with Gasteiger partial charge in [0.15, 0.2) is 6.16 Å². The molecule has 0 aromatic heterocycles. The molecular formula is C21H24O6P+. The highest BCUT2D eigenvalue weighted by atomic mass is 31.1. The minimum atomic E-state index is -1.99. The third-order valence-electron chi connectivity index (χ3n) is 4.07. The first-order valence-corrected chi connectivity index (χ1v) is 10.3. The van der Waals surface area contributed by atoms with Crippen molar-refractivity contribution in [1.82, 2.24) is 0 Å². The van der Waals surface area contributed by atoms with Gasteiger partial charge in [-0.3, -0.25) is 9.59 Å². The monoisotopic (exact) mass is 403 g/mol. The summed E-state index contributed by atoms with van der Waals surface area (Å²) in [6.07, 6.45) is 0.224. The number of ether oxygens (including phenoxy) is 2. The van der Waals surface area contributed by atoms with E-state index in [0.29, 0.717) is 0 Å². The first-order chi connectivity index (χ1) is 13.6. The van der Waals surface area contributed by atoms with E-state index < -0.39 is 25.9 Å². The van der Waals surface area contributed by atoms with Crippen LogP contribution in [0, 0.1) is 5.92 Å². The summed E-state index contributed by atoms with van der Waals surface area (Å²) < 4.78 is 27.1. The Balaban J connectivity index is 1.84. The fraction of sp³-hybridized carbons (Fsp3) is 0.333. The SMILES string of the molecule is CO[P+](=O)CC(CCC(=O)OCc1ccccc1)C(=O)OCc1ccccc1. The minimum absolute atomic E-state index is 0.00538. The van der Waals surface area contributed by atoms with Crippen LogP contribution < -0.4 is 0 Å². The maximum Gasteiger partial charge on any atom is 0.508 e. The lowest BCUT2D eigenvalue weighted by Crippen LogP contribution is -2.21. The van der Waals surface area contributed by atoms with Gasteiger partial charge in [0.1, 0.15) is 19.1 Å². The van der Waals surface area contributed by atoms with E-state index in [9.17, 15) is 14.2 Å². The van der Waals surface area contributed by atoms with Gasteiger partial charge >= 0.3 is 20.0 Å². The van der Waals surface area contributed by atoms with Gasteiger partial charge in [-0.25, -0.2) is 0 Å². The van der Waals surface area contributed by atoms with E-state index in [1.54, 1.807) is 0 Å². The number of hydrogen-bond donors (Lipinski definition) is 0. The highest BCUT2D eigenvalue weighted by Crippen LogP contribution is 2.27. The lowest BCUT2D eigenvalue weighted by molar-refractivity contribution is -0.150. The maximum atomic E-state index is 12.4. The summed E-state index contributed by atoms with van der Waals surface area (Å²) >= 11 is 0. The van der Waals surface area contributed by atoms with Crippen LogP contribution in [0.2, 0.25) is 0 Å². The molecule has 148 valence electrons. The van der Waals surface area contributed by atoms with Gasteiger partial charge in [0.05, 0.1) is 7.11 Å². The van der Waals surface area contributed by atoms with Crippen molar-refractivity contribution in [3.63, 3.8) is 0 Å². The van der Waals surface area contributed by atoms with Crippen molar-refractivity contribution in [2.75, 3.05) is 13.3 Å². The van der Waals surface area contributed by atoms with Crippen LogP contribution in [0.4, 0.5) is 0 Å². The standard InChI is InChI=1S/C21H24O6P/c1-25-28(24)16-19(21(23)27-15-18-10-6-3-7-11-18)12-13-20(22)26-14-17-8-4-2-5-9-17/h2-11,19H,12-16H2,1H3/q+1. The van der Waals surface area contributed by atoms with Crippen molar-refractivity contribution in [2.24, 2.45) is 5.92 Å². The number of hydrogen-bond acceptors (Lipinski definition) is 6. The Bertz CT molecular complexity index is 763. The van der Waals surface area contributed by atoms with Crippen molar-refractivity contribution in [3.05, 3.63) is 71.8 Å². The molecule has 2 aromatic rings. The van der Waals surface area contributed by atoms with Gasteiger partial charge in [-0.15, -0.1) is 4.52 Å². The molecule has 0 fully saturated rings. The van der Waals surface area contributed by atoms with Gasteiger partial charge < -0.3 is 9.47 Å². The Morgan fingerprint density at radius 2 is 1.43 bits per heavy atom. The quantitative estimate of drug-likeness (QED) is 0.412. The molecule has 6 nitrogen and oxygen atoms in total. The van der Waals surface area contributed by atoms with Crippen LogP contribution >= 0.6 is 8.03 Å². The van der Waals surface area contributed by atoms with E-state index in [1.165, 1.54) is 7.11 Å². The summed E-state index contributed by atoms with van der Waals surface area (Å²) in [5.41, 5.74) is 1.74. The van der Waals surface area contributed by atoms with Crippen LogP contribution in [0.25, 0.3) is 0 Å². The van der Waals surface area contributed by atoms with Crippen molar-refractivity contribution in [1.29, 1.82) is 0 Å². The molecule has 0 N–H and O–H groups in total. The second-order valence-electron chi connectivity index (χ2n) is 6.17. The van der Waals surface area contributed by atoms with Crippen LogP contribution in [0.3, 0.4) is 0 Å². The number of carbonyl (C=O) groups is 2. The average Bonchev–Trinajstić information content (AvgIpc) is 2.74. The molecule has 2 unspecified atom stereocenters. The topological polar surface area (TPSA) is 78.9 Å². The van der Waals surface area contributed by atoms with Gasteiger partial charge in [-0.1, -0.05) is 60.7 Å². The van der Waals surface area contributed by atoms with Gasteiger partial charge in [-0.05, 0) is 22.1 Å². The Morgan fingerprint density at radius 3 is 1.96 bits per heavy atom. The molecule has 2 atom stereocenters. The van der Waals surface area contributed by atoms with E-state index >= 15 is 0 Å². The molecule has 0 spiro atoms. The summed E-state index contributed by atoms with van der Waals surface area (Å²) in [5.74, 6) is -1.62. The predicted molar refractivity (Wildman–Crippen MR) is 105 cm³/mol. The third kappa shape index (κ3) is 7.99. The molecule has 2 rings (SSSR count). The van der Waals surface area contributed by atoms with E-state index in [2.05, 4.69) is 0 Å². The van der Waals surface area contributed by atoms with Gasteiger partial charge in [0, 0.05) is 6.42 Å². The van der Waals surface area contributed by atoms with Gasteiger partial charge in [0.2, 0.25) is 0 Å². The van der Waals surface area contributed by atoms with Crippen LogP contribution in [0.5, 0.6) is 0 Å². The lowest BCUT2D eigenvalue weighted by atomic mass is 10.1. The lowest BCUT2D eigenvalue weighted by Gasteiger charge is -2.12. The van der Waals surface area contributed by atoms with Gasteiger partial charge in [-0.2, -0.15) is 0 Å². The maximum absolute atomic E-state index is 12.4. The molecule has 0 aliphatic rings. The summed E-state index contributed by atoms with van der Waals surface area (Å²) in [4.78, 5) is 24.4. The molecule has 7 heteroatoms. The molecule has 0 saturated carbocycles. The molecule has 28 heavy (non-hydrogen) atoms. The van der Waals surface area contributed by atoms with Crippen LogP contribution in [0.1, 0.15) is 24.0 Å². The first kappa shape index (κ1) is 21.7. The zero-order chi connectivity index (χ0) is 20.2. The summed E-state index contributed by atoms with van der Waals surface area (Å²) in [5, 5.41) is 0. The third-order valence-corrected chi connectivity index (χ3v) is 5.22. The Hall–Kier alpha value is -2.56. The van der Waals surface area contributed by atoms with Crippen molar-refractivity contribution >= 4 is 20.0 Å². The molecule has 0 radical (unpaired) electrons. The van der Waals surface area contributed by atoms with Gasteiger partial charge in [0.25, 0.3) is 0 Å². The molecule has 2 aromatic carbocycles. The van der Waals surface area contributed by atoms with Crippen LogP contribution in [-0.2, 0) is 41.4 Å². The second-order valence-corrected chi connectivity index (χ2v) is 7.57. The number of carbonyl (C=O) groups excluding carboxylic acids is 2. The van der Waals surface area contributed by atoms with E-state index in [1.807, 2.05) is 60.7 Å². The number of benzene rings is 2. The molecule has 0 bridgehead atoms. The Morgan fingerprint density at radius 1 is 0.893 bits per heavy atom. The zero-order valence-electron chi connectivity index (χ0n) is 15.8. The van der Waals surface area contributed by atoms with Crippen LogP contribution in [-0.4, -0.2) is 25.2 Å². The zero-order valence-corrected chi connectivity index (χ0v) is 16.7. The second kappa shape index (κ2) is 12.0. The number of esters is 2. The summed E-state index contributed by atoms with van der Waals surface area (Å²) in [6, 6.07) is 18.6.